The van der Waals surface area contributed by atoms with Crippen LogP contribution < -0.4 is 22.5 Å². The standard InChI is InChI=1S/C31H44N10O15P2/c1-4-5-6-23(42)37-17(7-8-24(43)39(2)3)30(44)55-18-11-26(41-16-36-27-28(33)34-15-35-29(27)41)53-20(18)14-52-58(49,50)56-19-12-25(40-10-9-22(32)38-31(40)45)54-21(19)13-51-57(46,47)48/h4,9-10,15-21,25-26H,1,5-8,11-14H2,2-3H3,(H,37,42)(H,49,50)(H2,32,38,45)(H2,33,34,35)(H2,46,47,48)/t17-,18?,19-,20+,21+,25+,26+/m0/s1. The highest BCUT2D eigenvalue weighted by Gasteiger charge is 2.46. The number of imidazole rings is 1. The van der Waals surface area contributed by atoms with E-state index in [9.17, 15) is 43.0 Å². The number of carbonyl (C=O) groups is 3. The predicted molar refractivity (Wildman–Crippen MR) is 198 cm³/mol. The van der Waals surface area contributed by atoms with Gasteiger partial charge in [-0.1, -0.05) is 6.08 Å². The van der Waals surface area contributed by atoms with Crippen molar-refractivity contribution in [3.05, 3.63) is 48.1 Å². The number of nitrogens with zero attached hydrogens (tertiary/aromatic N) is 7. The third-order valence-electron chi connectivity index (χ3n) is 8.91. The van der Waals surface area contributed by atoms with Gasteiger partial charge in [-0.2, -0.15) is 4.98 Å². The molecule has 3 aromatic rings. The van der Waals surface area contributed by atoms with Gasteiger partial charge in [-0.15, -0.1) is 6.58 Å². The molecule has 2 saturated heterocycles. The molecule has 2 fully saturated rings. The van der Waals surface area contributed by atoms with Crippen molar-refractivity contribution >= 4 is 56.2 Å². The Hall–Kier alpha value is -4.68. The van der Waals surface area contributed by atoms with E-state index in [2.05, 4.69) is 36.4 Å². The molecule has 2 unspecified atom stereocenters. The van der Waals surface area contributed by atoms with Crippen molar-refractivity contribution in [2.75, 3.05) is 38.8 Å². The van der Waals surface area contributed by atoms with Crippen LogP contribution in [0, 0.1) is 0 Å². The number of carbonyl (C=O) groups excluding carboxylic acids is 3. The highest BCUT2D eigenvalue weighted by atomic mass is 31.2. The third kappa shape index (κ3) is 11.7. The first-order chi connectivity index (χ1) is 27.3. The summed E-state index contributed by atoms with van der Waals surface area (Å²) in [6, 6.07) is 0.0110. The Morgan fingerprint density at radius 1 is 1.03 bits per heavy atom. The van der Waals surface area contributed by atoms with E-state index in [1.54, 1.807) is 0 Å². The Bertz CT molecular complexity index is 2130. The maximum absolute atomic E-state index is 13.7. The molecule has 0 bridgehead atoms. The highest BCUT2D eigenvalue weighted by molar-refractivity contribution is 7.47. The van der Waals surface area contributed by atoms with E-state index in [1.165, 1.54) is 54.6 Å². The first kappa shape index (κ1) is 44.4. The largest absolute Gasteiger partial charge is 0.472 e. The van der Waals surface area contributed by atoms with Gasteiger partial charge in [0.1, 0.15) is 60.6 Å². The van der Waals surface area contributed by atoms with E-state index in [4.69, 9.17) is 34.7 Å². The average Bonchev–Trinajstić information content (AvgIpc) is 3.87. The number of allylic oxidation sites excluding steroid dienone is 1. The molecule has 2 aliphatic heterocycles. The fourth-order valence-electron chi connectivity index (χ4n) is 6.01. The molecule has 25 nitrogen and oxygen atoms in total. The van der Waals surface area contributed by atoms with Gasteiger partial charge in [0, 0.05) is 46.0 Å². The van der Waals surface area contributed by atoms with E-state index in [0.717, 1.165) is 4.57 Å². The Morgan fingerprint density at radius 3 is 2.38 bits per heavy atom. The van der Waals surface area contributed by atoms with Crippen molar-refractivity contribution in [2.45, 2.75) is 81.4 Å². The van der Waals surface area contributed by atoms with E-state index in [1.807, 2.05) is 0 Å². The van der Waals surface area contributed by atoms with Crippen LogP contribution in [-0.2, 0) is 51.3 Å². The maximum Gasteiger partial charge on any atom is 0.472 e. The number of ether oxygens (including phenoxy) is 3. The number of nitrogen functional groups attached to an aromatic ring is 2. The number of esters is 1. The van der Waals surface area contributed by atoms with Gasteiger partial charge in [-0.25, -0.2) is 33.7 Å². The smallest absolute Gasteiger partial charge is 0.458 e. The highest BCUT2D eigenvalue weighted by Crippen LogP contribution is 2.50. The molecular formula is C31H44N10O15P2. The average molecular weight is 859 g/mol. The first-order valence-electron chi connectivity index (χ1n) is 17.6. The van der Waals surface area contributed by atoms with Crippen LogP contribution in [0.5, 0.6) is 0 Å². The third-order valence-corrected chi connectivity index (χ3v) is 10.4. The number of phosphoric ester groups is 2. The number of nitrogens with one attached hydrogen (secondary N) is 1. The number of nitrogens with two attached hydrogens (primary N) is 2. The number of fused-ring (bicyclic) bond motifs is 1. The van der Waals surface area contributed by atoms with Crippen LogP contribution in [0.15, 0.2) is 42.4 Å². The summed E-state index contributed by atoms with van der Waals surface area (Å²) in [6.07, 6.45) is -2.49. The lowest BCUT2D eigenvalue weighted by Gasteiger charge is -2.25. The molecule has 2 amide bonds. The van der Waals surface area contributed by atoms with Crippen molar-refractivity contribution in [1.82, 2.24) is 39.3 Å². The Labute approximate surface area is 329 Å². The lowest BCUT2D eigenvalue weighted by molar-refractivity contribution is -0.157. The zero-order valence-corrected chi connectivity index (χ0v) is 33.0. The van der Waals surface area contributed by atoms with Gasteiger partial charge in [0.15, 0.2) is 11.5 Å². The van der Waals surface area contributed by atoms with E-state index in [-0.39, 0.29) is 60.8 Å². The van der Waals surface area contributed by atoms with E-state index < -0.39 is 89.3 Å². The molecule has 58 heavy (non-hydrogen) atoms. The van der Waals surface area contributed by atoms with Crippen LogP contribution in [0.4, 0.5) is 11.6 Å². The molecule has 27 heteroatoms. The van der Waals surface area contributed by atoms with Gasteiger partial charge in [-0.3, -0.25) is 32.3 Å². The molecule has 0 spiro atoms. The van der Waals surface area contributed by atoms with Gasteiger partial charge >= 0.3 is 27.3 Å². The molecule has 318 valence electrons. The Balaban J connectivity index is 1.35. The molecule has 8 atom stereocenters. The van der Waals surface area contributed by atoms with Crippen molar-refractivity contribution in [3.8, 4) is 0 Å². The second kappa shape index (κ2) is 18.9. The lowest BCUT2D eigenvalue weighted by Crippen LogP contribution is -2.45. The molecule has 5 heterocycles. The molecule has 5 rings (SSSR count). The van der Waals surface area contributed by atoms with Crippen LogP contribution in [0.3, 0.4) is 0 Å². The number of hydrogen-bond donors (Lipinski definition) is 6. The minimum atomic E-state index is -5.14. The second-order valence-corrected chi connectivity index (χ2v) is 15.9. The zero-order chi connectivity index (χ0) is 42.4. The summed E-state index contributed by atoms with van der Waals surface area (Å²) < 4.78 is 60.4. The number of anilines is 2. The van der Waals surface area contributed by atoms with Gasteiger partial charge < -0.3 is 50.6 Å². The second-order valence-electron chi connectivity index (χ2n) is 13.3. The molecule has 0 aliphatic carbocycles. The van der Waals surface area contributed by atoms with Crippen LogP contribution >= 0.6 is 15.6 Å². The topological polar surface area (TPSA) is 347 Å². The van der Waals surface area contributed by atoms with E-state index >= 15 is 0 Å². The fourth-order valence-corrected chi connectivity index (χ4v) is 7.32. The number of hydrogen-bond acceptors (Lipinski definition) is 18. The summed E-state index contributed by atoms with van der Waals surface area (Å²) in [5, 5.41) is 2.59. The maximum atomic E-state index is 13.7. The van der Waals surface area contributed by atoms with Gasteiger partial charge in [0.2, 0.25) is 11.8 Å². The molecule has 8 N–H and O–H groups in total. The summed E-state index contributed by atoms with van der Waals surface area (Å²) in [5.74, 6) is -1.76. The molecule has 3 aromatic heterocycles. The summed E-state index contributed by atoms with van der Waals surface area (Å²) in [5.41, 5.74) is 11.2. The minimum Gasteiger partial charge on any atom is -0.458 e. The van der Waals surface area contributed by atoms with E-state index in [0.29, 0.717) is 6.42 Å². The summed E-state index contributed by atoms with van der Waals surface area (Å²) >= 11 is 0. The Kier molecular flexibility index (Phi) is 14.5. The van der Waals surface area contributed by atoms with Crippen LogP contribution in [0.2, 0.25) is 0 Å². The number of aromatic nitrogens is 6. The van der Waals surface area contributed by atoms with Crippen LogP contribution in [0.1, 0.15) is 51.0 Å². The number of phosphoric acid groups is 2. The van der Waals surface area contributed by atoms with Gasteiger partial charge in [0.05, 0.1) is 19.5 Å². The Morgan fingerprint density at radius 2 is 1.71 bits per heavy atom. The summed E-state index contributed by atoms with van der Waals surface area (Å²) in [7, 11) is -7.12. The fraction of sp³-hybridized carbons (Fsp3) is 0.548. The number of rotatable bonds is 19. The summed E-state index contributed by atoms with van der Waals surface area (Å²) in [6.45, 7) is 2.01. The molecule has 0 saturated carbocycles. The quantitative estimate of drug-likeness (QED) is 0.0510. The van der Waals surface area contributed by atoms with Crippen molar-refractivity contribution in [1.29, 1.82) is 0 Å². The monoisotopic (exact) mass is 858 g/mol. The van der Waals surface area contributed by atoms with Crippen molar-refractivity contribution < 1.29 is 66.0 Å². The minimum absolute atomic E-state index is 0.0111. The van der Waals surface area contributed by atoms with Crippen molar-refractivity contribution in [2.24, 2.45) is 0 Å². The predicted octanol–water partition coefficient (Wildman–Crippen LogP) is -0.335. The van der Waals surface area contributed by atoms with Crippen LogP contribution in [0.25, 0.3) is 11.2 Å². The molecule has 2 aliphatic rings. The van der Waals surface area contributed by atoms with Gasteiger partial charge in [-0.05, 0) is 18.9 Å². The zero-order valence-electron chi connectivity index (χ0n) is 31.2. The SMILES string of the molecule is C=CCCC(=O)N[C@@H](CCC(=O)N(C)C)C(=O)OC1C[C@H](n2cnc3c(N)ncnc32)O[C@@H]1COP(=O)(O)O[C@H]1C[C@H](n2ccc(N)nc2=O)O[C@@H]1COP(=O)(O)O. The van der Waals surface area contributed by atoms with Gasteiger partial charge in [0.25, 0.3) is 0 Å². The summed E-state index contributed by atoms with van der Waals surface area (Å²) in [4.78, 5) is 98.0. The van der Waals surface area contributed by atoms with Crippen LogP contribution in [-0.4, -0.2) is 124 Å². The molecular weight excluding hydrogens is 814 g/mol. The normalized spacial score (nSPS) is 23.6. The molecule has 0 aromatic carbocycles. The first-order valence-corrected chi connectivity index (χ1v) is 20.6. The lowest BCUT2D eigenvalue weighted by atomic mass is 10.1. The van der Waals surface area contributed by atoms with Crippen molar-refractivity contribution in [3.63, 3.8) is 0 Å². The molecule has 0 radical (unpaired) electrons. The number of amides is 2.